The first-order chi connectivity index (χ1) is 12.7. The summed E-state index contributed by atoms with van der Waals surface area (Å²) < 4.78 is 16.1. The molecular weight excluding hydrogens is 330 g/mol. The highest BCUT2D eigenvalue weighted by Gasteiger charge is 2.07. The van der Waals surface area contributed by atoms with Gasteiger partial charge in [0.05, 0.1) is 20.8 Å². The van der Waals surface area contributed by atoms with Crippen molar-refractivity contribution in [1.29, 1.82) is 0 Å². The van der Waals surface area contributed by atoms with E-state index in [-0.39, 0.29) is 0 Å². The van der Waals surface area contributed by atoms with Crippen LogP contribution in [0.25, 0.3) is 0 Å². The van der Waals surface area contributed by atoms with Crippen LogP contribution in [0.5, 0.6) is 11.5 Å². The molecule has 2 rings (SSSR count). The fourth-order valence-electron chi connectivity index (χ4n) is 2.49. The summed E-state index contributed by atoms with van der Waals surface area (Å²) in [6, 6.07) is 13.9. The zero-order chi connectivity index (χ0) is 18.8. The Morgan fingerprint density at radius 2 is 1.73 bits per heavy atom. The van der Waals surface area contributed by atoms with Crippen molar-refractivity contribution in [2.75, 3.05) is 33.2 Å². The molecule has 0 aliphatic rings. The van der Waals surface area contributed by atoms with E-state index in [1.54, 1.807) is 21.3 Å². The average molecular weight is 357 g/mol. The van der Waals surface area contributed by atoms with Gasteiger partial charge in [-0.3, -0.25) is 4.99 Å². The molecule has 0 fully saturated rings. The number of anilines is 1. The number of rotatable bonds is 8. The SMILES string of the molecule is CCOCc1ccccc1CNC(=NC)Nc1ccc(OC)c(OC)c1. The van der Waals surface area contributed by atoms with E-state index in [0.717, 1.165) is 5.69 Å². The van der Waals surface area contributed by atoms with Crippen LogP contribution in [-0.4, -0.2) is 33.8 Å². The summed E-state index contributed by atoms with van der Waals surface area (Å²) >= 11 is 0. The van der Waals surface area contributed by atoms with E-state index in [0.29, 0.717) is 37.2 Å². The molecule has 0 unspecified atom stereocenters. The Hall–Kier alpha value is -2.73. The second-order valence-electron chi connectivity index (χ2n) is 5.53. The van der Waals surface area contributed by atoms with Crippen molar-refractivity contribution in [2.24, 2.45) is 4.99 Å². The third-order valence-electron chi connectivity index (χ3n) is 3.90. The number of nitrogens with one attached hydrogen (secondary N) is 2. The van der Waals surface area contributed by atoms with Crippen molar-refractivity contribution in [1.82, 2.24) is 5.32 Å². The largest absolute Gasteiger partial charge is 0.493 e. The van der Waals surface area contributed by atoms with Crippen LogP contribution in [0, 0.1) is 0 Å². The molecule has 0 amide bonds. The minimum atomic E-state index is 0.607. The maximum atomic E-state index is 5.54. The van der Waals surface area contributed by atoms with E-state index in [1.807, 2.05) is 37.3 Å². The quantitative estimate of drug-likeness (QED) is 0.560. The van der Waals surface area contributed by atoms with Crippen LogP contribution in [0.15, 0.2) is 47.5 Å². The molecule has 0 spiro atoms. The van der Waals surface area contributed by atoms with Crippen molar-refractivity contribution in [3.8, 4) is 11.5 Å². The fourth-order valence-corrected chi connectivity index (χ4v) is 2.49. The Kier molecular flexibility index (Phi) is 7.76. The van der Waals surface area contributed by atoms with Crippen LogP contribution in [0.3, 0.4) is 0 Å². The average Bonchev–Trinajstić information content (AvgIpc) is 2.69. The van der Waals surface area contributed by atoms with Gasteiger partial charge in [-0.15, -0.1) is 0 Å². The first kappa shape index (κ1) is 19.6. The van der Waals surface area contributed by atoms with E-state index in [1.165, 1.54) is 11.1 Å². The lowest BCUT2D eigenvalue weighted by molar-refractivity contribution is 0.133. The zero-order valence-corrected chi connectivity index (χ0v) is 15.8. The molecule has 0 saturated carbocycles. The highest BCUT2D eigenvalue weighted by Crippen LogP contribution is 2.29. The molecule has 6 nitrogen and oxygen atoms in total. The van der Waals surface area contributed by atoms with Gasteiger partial charge < -0.3 is 24.8 Å². The topological polar surface area (TPSA) is 64.1 Å². The highest BCUT2D eigenvalue weighted by atomic mass is 16.5. The van der Waals surface area contributed by atoms with Crippen LogP contribution in [-0.2, 0) is 17.9 Å². The number of methoxy groups -OCH3 is 2. The summed E-state index contributed by atoms with van der Waals surface area (Å²) in [5, 5.41) is 6.59. The lowest BCUT2D eigenvalue weighted by Gasteiger charge is -2.15. The normalized spacial score (nSPS) is 11.2. The Balaban J connectivity index is 2.03. The van der Waals surface area contributed by atoms with Gasteiger partial charge in [-0.05, 0) is 30.2 Å². The van der Waals surface area contributed by atoms with Gasteiger partial charge in [0.25, 0.3) is 0 Å². The number of nitrogens with zero attached hydrogens (tertiary/aromatic N) is 1. The Morgan fingerprint density at radius 1 is 1.00 bits per heavy atom. The Labute approximate surface area is 155 Å². The molecule has 2 N–H and O–H groups in total. The van der Waals surface area contributed by atoms with E-state index < -0.39 is 0 Å². The second kappa shape index (κ2) is 10.3. The number of benzene rings is 2. The van der Waals surface area contributed by atoms with Crippen LogP contribution < -0.4 is 20.1 Å². The molecule has 0 aliphatic carbocycles. The Bertz CT molecular complexity index is 732. The molecular formula is C20H27N3O3. The predicted octanol–water partition coefficient (Wildman–Crippen LogP) is 3.43. The molecule has 0 bridgehead atoms. The standard InChI is InChI=1S/C20H27N3O3/c1-5-26-14-16-9-7-6-8-15(16)13-22-20(21-2)23-17-10-11-18(24-3)19(12-17)25-4/h6-12H,5,13-14H2,1-4H3,(H2,21,22,23). The van der Waals surface area contributed by atoms with Crippen molar-refractivity contribution in [3.63, 3.8) is 0 Å². The van der Waals surface area contributed by atoms with Crippen LogP contribution in [0.2, 0.25) is 0 Å². The lowest BCUT2D eigenvalue weighted by Crippen LogP contribution is -2.30. The van der Waals surface area contributed by atoms with Gasteiger partial charge in [-0.1, -0.05) is 24.3 Å². The van der Waals surface area contributed by atoms with E-state index >= 15 is 0 Å². The van der Waals surface area contributed by atoms with Gasteiger partial charge in [0.1, 0.15) is 0 Å². The maximum Gasteiger partial charge on any atom is 0.195 e. The summed E-state index contributed by atoms with van der Waals surface area (Å²) in [7, 11) is 4.97. The summed E-state index contributed by atoms with van der Waals surface area (Å²) in [4.78, 5) is 4.28. The minimum Gasteiger partial charge on any atom is -0.493 e. The third kappa shape index (κ3) is 5.39. The molecule has 2 aromatic carbocycles. The van der Waals surface area contributed by atoms with Gasteiger partial charge >= 0.3 is 0 Å². The first-order valence-corrected chi connectivity index (χ1v) is 8.56. The molecule has 2 aromatic rings. The summed E-state index contributed by atoms with van der Waals surface area (Å²) in [6.45, 7) is 3.95. The summed E-state index contributed by atoms with van der Waals surface area (Å²) in [5.74, 6) is 2.02. The monoisotopic (exact) mass is 357 g/mol. The van der Waals surface area contributed by atoms with Gasteiger partial charge in [-0.25, -0.2) is 0 Å². The Morgan fingerprint density at radius 3 is 2.38 bits per heavy atom. The van der Waals surface area contributed by atoms with E-state index in [4.69, 9.17) is 14.2 Å². The van der Waals surface area contributed by atoms with Crippen molar-refractivity contribution in [3.05, 3.63) is 53.6 Å². The van der Waals surface area contributed by atoms with Crippen molar-refractivity contribution >= 4 is 11.6 Å². The molecule has 0 heterocycles. The highest BCUT2D eigenvalue weighted by molar-refractivity contribution is 5.93. The summed E-state index contributed by atoms with van der Waals surface area (Å²) in [6.07, 6.45) is 0. The fraction of sp³-hybridized carbons (Fsp3) is 0.350. The number of aliphatic imine (C=N–C) groups is 1. The van der Waals surface area contributed by atoms with Gasteiger partial charge in [-0.2, -0.15) is 0 Å². The number of hydrogen-bond acceptors (Lipinski definition) is 4. The molecule has 0 radical (unpaired) electrons. The number of guanidine groups is 1. The lowest BCUT2D eigenvalue weighted by atomic mass is 10.1. The van der Waals surface area contributed by atoms with Crippen LogP contribution in [0.4, 0.5) is 5.69 Å². The zero-order valence-electron chi connectivity index (χ0n) is 15.8. The minimum absolute atomic E-state index is 0.607. The van der Waals surface area contributed by atoms with Crippen LogP contribution in [0.1, 0.15) is 18.1 Å². The molecule has 0 atom stereocenters. The smallest absolute Gasteiger partial charge is 0.195 e. The van der Waals surface area contributed by atoms with Gasteiger partial charge in [0.15, 0.2) is 17.5 Å². The van der Waals surface area contributed by atoms with Crippen LogP contribution >= 0.6 is 0 Å². The van der Waals surface area contributed by atoms with E-state index in [9.17, 15) is 0 Å². The van der Waals surface area contributed by atoms with E-state index in [2.05, 4.69) is 27.8 Å². The maximum absolute atomic E-state index is 5.54. The molecule has 6 heteroatoms. The number of hydrogen-bond donors (Lipinski definition) is 2. The third-order valence-corrected chi connectivity index (χ3v) is 3.90. The molecule has 140 valence electrons. The van der Waals surface area contributed by atoms with Gasteiger partial charge in [0.2, 0.25) is 0 Å². The summed E-state index contributed by atoms with van der Waals surface area (Å²) in [5.41, 5.74) is 3.21. The molecule has 0 saturated heterocycles. The predicted molar refractivity (Wildman–Crippen MR) is 105 cm³/mol. The molecule has 26 heavy (non-hydrogen) atoms. The number of ether oxygens (including phenoxy) is 3. The van der Waals surface area contributed by atoms with Crippen molar-refractivity contribution in [2.45, 2.75) is 20.1 Å². The molecule has 0 aromatic heterocycles. The molecule has 0 aliphatic heterocycles. The van der Waals surface area contributed by atoms with Gasteiger partial charge in [0, 0.05) is 32.0 Å². The van der Waals surface area contributed by atoms with Crippen molar-refractivity contribution < 1.29 is 14.2 Å². The first-order valence-electron chi connectivity index (χ1n) is 8.56. The second-order valence-corrected chi connectivity index (χ2v) is 5.53.